The molecule has 0 saturated carbocycles. The number of rotatable bonds is 7. The Hall–Kier alpha value is -1.33. The SMILES string of the molecule is COCCN(CCOC)c1cc(F)ccc1N. The molecule has 0 unspecified atom stereocenters. The van der Waals surface area contributed by atoms with Crippen LogP contribution in [0.3, 0.4) is 0 Å². The van der Waals surface area contributed by atoms with Crippen molar-refractivity contribution in [1.82, 2.24) is 0 Å². The molecule has 1 aromatic carbocycles. The lowest BCUT2D eigenvalue weighted by Gasteiger charge is -2.25. The van der Waals surface area contributed by atoms with Gasteiger partial charge in [0.1, 0.15) is 5.82 Å². The van der Waals surface area contributed by atoms with Gasteiger partial charge in [-0.2, -0.15) is 0 Å². The molecule has 2 N–H and O–H groups in total. The lowest BCUT2D eigenvalue weighted by Crippen LogP contribution is -2.31. The van der Waals surface area contributed by atoms with Gasteiger partial charge >= 0.3 is 0 Å². The molecule has 0 spiro atoms. The minimum Gasteiger partial charge on any atom is -0.397 e. The van der Waals surface area contributed by atoms with Crippen LogP contribution < -0.4 is 10.6 Å². The maximum atomic E-state index is 13.2. The molecular weight excluding hydrogens is 223 g/mol. The van der Waals surface area contributed by atoms with Crippen LogP contribution in [0, 0.1) is 5.82 Å². The van der Waals surface area contributed by atoms with Crippen LogP contribution in [-0.2, 0) is 9.47 Å². The Morgan fingerprint density at radius 2 is 1.76 bits per heavy atom. The van der Waals surface area contributed by atoms with Crippen molar-refractivity contribution < 1.29 is 13.9 Å². The van der Waals surface area contributed by atoms with E-state index in [4.69, 9.17) is 15.2 Å². The van der Waals surface area contributed by atoms with Gasteiger partial charge in [-0.05, 0) is 18.2 Å². The second kappa shape index (κ2) is 7.09. The first-order valence-electron chi connectivity index (χ1n) is 5.47. The Kier molecular flexibility index (Phi) is 5.72. The Morgan fingerprint density at radius 3 is 2.29 bits per heavy atom. The number of anilines is 2. The van der Waals surface area contributed by atoms with Gasteiger partial charge in [0.15, 0.2) is 0 Å². The van der Waals surface area contributed by atoms with E-state index >= 15 is 0 Å². The fourth-order valence-corrected chi connectivity index (χ4v) is 1.55. The first-order valence-corrected chi connectivity index (χ1v) is 5.47. The van der Waals surface area contributed by atoms with E-state index in [0.29, 0.717) is 37.7 Å². The minimum atomic E-state index is -0.297. The predicted molar refractivity (Wildman–Crippen MR) is 66.8 cm³/mol. The molecule has 0 aliphatic rings. The zero-order chi connectivity index (χ0) is 12.7. The van der Waals surface area contributed by atoms with E-state index in [9.17, 15) is 4.39 Å². The second-order valence-corrected chi connectivity index (χ2v) is 3.68. The van der Waals surface area contributed by atoms with Gasteiger partial charge in [0, 0.05) is 27.3 Å². The molecule has 0 radical (unpaired) electrons. The molecule has 0 aromatic heterocycles. The predicted octanol–water partition coefficient (Wildman–Crippen LogP) is 1.51. The number of hydrogen-bond donors (Lipinski definition) is 1. The molecule has 0 aliphatic heterocycles. The Morgan fingerprint density at radius 1 is 1.18 bits per heavy atom. The largest absolute Gasteiger partial charge is 0.397 e. The van der Waals surface area contributed by atoms with Crippen LogP contribution in [0.2, 0.25) is 0 Å². The Bertz CT molecular complexity index is 339. The first kappa shape index (κ1) is 13.7. The summed E-state index contributed by atoms with van der Waals surface area (Å²) in [5, 5.41) is 0. The Labute approximate surface area is 101 Å². The Balaban J connectivity index is 2.82. The van der Waals surface area contributed by atoms with Crippen molar-refractivity contribution >= 4 is 11.4 Å². The average Bonchev–Trinajstić information content (AvgIpc) is 2.33. The summed E-state index contributed by atoms with van der Waals surface area (Å²) in [6, 6.07) is 4.35. The number of halogens is 1. The van der Waals surface area contributed by atoms with Gasteiger partial charge in [-0.15, -0.1) is 0 Å². The molecular formula is C12H19FN2O2. The summed E-state index contributed by atoms with van der Waals surface area (Å²) in [5.74, 6) is -0.297. The molecule has 0 heterocycles. The monoisotopic (exact) mass is 242 g/mol. The van der Waals surface area contributed by atoms with Gasteiger partial charge in [-0.3, -0.25) is 0 Å². The van der Waals surface area contributed by atoms with Crippen molar-refractivity contribution in [3.05, 3.63) is 24.0 Å². The molecule has 1 rings (SSSR count). The maximum absolute atomic E-state index is 13.2. The second-order valence-electron chi connectivity index (χ2n) is 3.68. The molecule has 1 aromatic rings. The number of benzene rings is 1. The fourth-order valence-electron chi connectivity index (χ4n) is 1.55. The van der Waals surface area contributed by atoms with Crippen molar-refractivity contribution in [1.29, 1.82) is 0 Å². The van der Waals surface area contributed by atoms with Crippen LogP contribution >= 0.6 is 0 Å². The number of nitrogens with two attached hydrogens (primary N) is 1. The molecule has 0 fully saturated rings. The van der Waals surface area contributed by atoms with Crippen LogP contribution in [0.15, 0.2) is 18.2 Å². The summed E-state index contributed by atoms with van der Waals surface area (Å²) in [7, 11) is 3.26. The maximum Gasteiger partial charge on any atom is 0.125 e. The zero-order valence-corrected chi connectivity index (χ0v) is 10.3. The number of methoxy groups -OCH3 is 2. The fraction of sp³-hybridized carbons (Fsp3) is 0.500. The number of ether oxygens (including phenoxy) is 2. The highest BCUT2D eigenvalue weighted by Crippen LogP contribution is 2.23. The van der Waals surface area contributed by atoms with Crippen LogP contribution in [0.5, 0.6) is 0 Å². The summed E-state index contributed by atoms with van der Waals surface area (Å²) in [6.07, 6.45) is 0. The minimum absolute atomic E-state index is 0.297. The highest BCUT2D eigenvalue weighted by Gasteiger charge is 2.10. The molecule has 4 nitrogen and oxygen atoms in total. The summed E-state index contributed by atoms with van der Waals surface area (Å²) in [4.78, 5) is 1.95. The summed E-state index contributed by atoms with van der Waals surface area (Å²) in [5.41, 5.74) is 7.08. The molecule has 0 atom stereocenters. The molecule has 0 amide bonds. The van der Waals surface area contributed by atoms with Gasteiger partial charge in [0.05, 0.1) is 24.6 Å². The van der Waals surface area contributed by atoms with E-state index in [1.807, 2.05) is 4.90 Å². The van der Waals surface area contributed by atoms with E-state index in [1.165, 1.54) is 12.1 Å². The third-order valence-corrected chi connectivity index (χ3v) is 2.46. The van der Waals surface area contributed by atoms with Crippen molar-refractivity contribution in [2.24, 2.45) is 0 Å². The summed E-state index contributed by atoms with van der Waals surface area (Å²) < 4.78 is 23.3. The van der Waals surface area contributed by atoms with E-state index in [0.717, 1.165) is 0 Å². The first-order chi connectivity index (χ1) is 8.19. The zero-order valence-electron chi connectivity index (χ0n) is 10.3. The van der Waals surface area contributed by atoms with E-state index in [1.54, 1.807) is 20.3 Å². The molecule has 96 valence electrons. The number of hydrogen-bond acceptors (Lipinski definition) is 4. The van der Waals surface area contributed by atoms with Crippen molar-refractivity contribution in [2.75, 3.05) is 51.2 Å². The van der Waals surface area contributed by atoms with Crippen LogP contribution in [0.25, 0.3) is 0 Å². The van der Waals surface area contributed by atoms with Crippen molar-refractivity contribution in [3.63, 3.8) is 0 Å². The highest BCUT2D eigenvalue weighted by molar-refractivity contribution is 5.67. The number of nitrogens with zero attached hydrogens (tertiary/aromatic N) is 1. The van der Waals surface area contributed by atoms with Crippen molar-refractivity contribution in [3.8, 4) is 0 Å². The molecule has 17 heavy (non-hydrogen) atoms. The highest BCUT2D eigenvalue weighted by atomic mass is 19.1. The topological polar surface area (TPSA) is 47.7 Å². The smallest absolute Gasteiger partial charge is 0.125 e. The van der Waals surface area contributed by atoms with Crippen LogP contribution in [0.4, 0.5) is 15.8 Å². The lowest BCUT2D eigenvalue weighted by molar-refractivity contribution is 0.190. The van der Waals surface area contributed by atoms with Gasteiger partial charge in [-0.1, -0.05) is 0 Å². The standard InChI is InChI=1S/C12H19FN2O2/c1-16-7-5-15(6-8-17-2)12-9-10(13)3-4-11(12)14/h3-4,9H,5-8,14H2,1-2H3. The van der Waals surface area contributed by atoms with Gasteiger partial charge in [-0.25, -0.2) is 4.39 Å². The van der Waals surface area contributed by atoms with Gasteiger partial charge in [0.25, 0.3) is 0 Å². The molecule has 5 heteroatoms. The normalized spacial score (nSPS) is 10.5. The third-order valence-electron chi connectivity index (χ3n) is 2.46. The van der Waals surface area contributed by atoms with E-state index in [-0.39, 0.29) is 5.82 Å². The molecule has 0 saturated heterocycles. The third kappa shape index (κ3) is 4.20. The van der Waals surface area contributed by atoms with E-state index < -0.39 is 0 Å². The van der Waals surface area contributed by atoms with Gasteiger partial charge in [0.2, 0.25) is 0 Å². The molecule has 0 bridgehead atoms. The number of nitrogen functional groups attached to an aromatic ring is 1. The lowest BCUT2D eigenvalue weighted by atomic mass is 10.2. The van der Waals surface area contributed by atoms with Gasteiger partial charge < -0.3 is 20.1 Å². The summed E-state index contributed by atoms with van der Waals surface area (Å²) >= 11 is 0. The molecule has 0 aliphatic carbocycles. The van der Waals surface area contributed by atoms with Crippen molar-refractivity contribution in [2.45, 2.75) is 0 Å². The quantitative estimate of drug-likeness (QED) is 0.736. The van der Waals surface area contributed by atoms with Crippen LogP contribution in [-0.4, -0.2) is 40.5 Å². The average molecular weight is 242 g/mol. The van der Waals surface area contributed by atoms with Crippen LogP contribution in [0.1, 0.15) is 0 Å². The van der Waals surface area contributed by atoms with E-state index in [2.05, 4.69) is 0 Å². The summed E-state index contributed by atoms with van der Waals surface area (Å²) in [6.45, 7) is 2.40.